The number of nitrogens with zero attached hydrogens (tertiary/aromatic N) is 4. The van der Waals surface area contributed by atoms with Crippen LogP contribution in [0.25, 0.3) is 0 Å². The molecular weight excluding hydrogens is 328 g/mol. The SMILES string of the molecule is CN(C)C(=O)N1CCC(C(=O)N2CCN(C3CC3)c3ccccc32)CC1. The minimum absolute atomic E-state index is 0.0155. The standard InChI is InChI=1S/C20H28N4O2/c1-21(2)20(26)22-11-9-15(10-12-22)19(25)24-14-13-23(16-7-8-16)17-5-3-4-6-18(17)24/h3-6,15-16H,7-14H2,1-2H3. The molecule has 0 radical (unpaired) electrons. The molecule has 0 bridgehead atoms. The molecular formula is C20H28N4O2. The number of carbonyl (C=O) groups is 2. The Balaban J connectivity index is 1.46. The topological polar surface area (TPSA) is 47.1 Å². The fraction of sp³-hybridized carbons (Fsp3) is 0.600. The van der Waals surface area contributed by atoms with Crippen molar-refractivity contribution >= 4 is 23.3 Å². The molecule has 3 amide bonds. The molecule has 0 unspecified atom stereocenters. The second kappa shape index (κ2) is 6.82. The highest BCUT2D eigenvalue weighted by atomic mass is 16.2. The van der Waals surface area contributed by atoms with Gasteiger partial charge >= 0.3 is 6.03 Å². The van der Waals surface area contributed by atoms with E-state index in [4.69, 9.17) is 0 Å². The van der Waals surface area contributed by atoms with Gasteiger partial charge in [-0.05, 0) is 37.8 Å². The average Bonchev–Trinajstić information content (AvgIpc) is 3.51. The van der Waals surface area contributed by atoms with Crippen molar-refractivity contribution in [3.8, 4) is 0 Å². The number of anilines is 2. The number of fused-ring (bicyclic) bond motifs is 1. The third-order valence-corrected chi connectivity index (χ3v) is 5.80. The molecule has 2 heterocycles. The number of rotatable bonds is 2. The second-order valence-corrected chi connectivity index (χ2v) is 7.84. The molecule has 1 saturated carbocycles. The first kappa shape index (κ1) is 17.2. The van der Waals surface area contributed by atoms with Gasteiger partial charge < -0.3 is 19.6 Å². The molecule has 4 rings (SSSR count). The second-order valence-electron chi connectivity index (χ2n) is 7.84. The van der Waals surface area contributed by atoms with Crippen LogP contribution in [0.3, 0.4) is 0 Å². The maximum atomic E-state index is 13.2. The summed E-state index contributed by atoms with van der Waals surface area (Å²) in [4.78, 5) is 33.2. The van der Waals surface area contributed by atoms with Gasteiger partial charge in [0, 0.05) is 52.2 Å². The van der Waals surface area contributed by atoms with Gasteiger partial charge in [0.2, 0.25) is 5.91 Å². The van der Waals surface area contributed by atoms with E-state index < -0.39 is 0 Å². The quantitative estimate of drug-likeness (QED) is 0.817. The van der Waals surface area contributed by atoms with Crippen LogP contribution in [0.4, 0.5) is 16.2 Å². The number of hydrogen-bond donors (Lipinski definition) is 0. The van der Waals surface area contributed by atoms with Crippen molar-refractivity contribution in [3.63, 3.8) is 0 Å². The predicted molar refractivity (Wildman–Crippen MR) is 103 cm³/mol. The van der Waals surface area contributed by atoms with E-state index in [1.165, 1.54) is 18.5 Å². The zero-order chi connectivity index (χ0) is 18.3. The van der Waals surface area contributed by atoms with Gasteiger partial charge in [0.15, 0.2) is 0 Å². The molecule has 0 aromatic heterocycles. The molecule has 6 nitrogen and oxygen atoms in total. The first-order valence-electron chi connectivity index (χ1n) is 9.69. The van der Waals surface area contributed by atoms with Gasteiger partial charge in [-0.25, -0.2) is 4.79 Å². The Morgan fingerprint density at radius 1 is 0.923 bits per heavy atom. The lowest BCUT2D eigenvalue weighted by Gasteiger charge is -2.40. The van der Waals surface area contributed by atoms with Crippen molar-refractivity contribution in [2.75, 3.05) is 50.1 Å². The van der Waals surface area contributed by atoms with Gasteiger partial charge in [0.25, 0.3) is 0 Å². The molecule has 3 aliphatic rings. The van der Waals surface area contributed by atoms with E-state index in [0.29, 0.717) is 19.1 Å². The van der Waals surface area contributed by atoms with Crippen LogP contribution < -0.4 is 9.80 Å². The lowest BCUT2D eigenvalue weighted by atomic mass is 9.94. The molecule has 1 aliphatic carbocycles. The van der Waals surface area contributed by atoms with Crippen LogP contribution in [0.2, 0.25) is 0 Å². The predicted octanol–water partition coefficient (Wildman–Crippen LogP) is 2.40. The molecule has 2 fully saturated rings. The molecule has 0 atom stereocenters. The lowest BCUT2D eigenvalue weighted by molar-refractivity contribution is -0.123. The fourth-order valence-electron chi connectivity index (χ4n) is 4.20. The highest BCUT2D eigenvalue weighted by molar-refractivity contribution is 5.99. The maximum absolute atomic E-state index is 13.2. The smallest absolute Gasteiger partial charge is 0.319 e. The number of carbonyl (C=O) groups excluding carboxylic acids is 2. The van der Waals surface area contributed by atoms with Crippen molar-refractivity contribution in [2.24, 2.45) is 5.92 Å². The molecule has 140 valence electrons. The summed E-state index contributed by atoms with van der Waals surface area (Å²) in [5, 5.41) is 0. The third-order valence-electron chi connectivity index (χ3n) is 5.80. The number of para-hydroxylation sites is 2. The van der Waals surface area contributed by atoms with Crippen molar-refractivity contribution in [2.45, 2.75) is 31.7 Å². The fourth-order valence-corrected chi connectivity index (χ4v) is 4.20. The minimum Gasteiger partial charge on any atom is -0.365 e. The Hall–Kier alpha value is -2.24. The van der Waals surface area contributed by atoms with E-state index in [1.54, 1.807) is 19.0 Å². The van der Waals surface area contributed by atoms with Crippen molar-refractivity contribution in [1.82, 2.24) is 9.80 Å². The summed E-state index contributed by atoms with van der Waals surface area (Å²) in [5.41, 5.74) is 2.26. The minimum atomic E-state index is 0.0155. The van der Waals surface area contributed by atoms with E-state index in [9.17, 15) is 9.59 Å². The van der Waals surface area contributed by atoms with Crippen LogP contribution in [0.5, 0.6) is 0 Å². The van der Waals surface area contributed by atoms with Gasteiger partial charge in [-0.15, -0.1) is 0 Å². The summed E-state index contributed by atoms with van der Waals surface area (Å²) < 4.78 is 0. The van der Waals surface area contributed by atoms with E-state index >= 15 is 0 Å². The van der Waals surface area contributed by atoms with Crippen LogP contribution >= 0.6 is 0 Å². The molecule has 6 heteroatoms. The molecule has 2 aliphatic heterocycles. The van der Waals surface area contributed by atoms with Gasteiger partial charge in [-0.2, -0.15) is 0 Å². The van der Waals surface area contributed by atoms with E-state index in [0.717, 1.165) is 31.6 Å². The number of piperidine rings is 1. The number of hydrogen-bond acceptors (Lipinski definition) is 3. The normalized spacial score (nSPS) is 20.8. The number of benzene rings is 1. The third kappa shape index (κ3) is 3.13. The Morgan fingerprint density at radius 3 is 2.19 bits per heavy atom. The number of likely N-dealkylation sites (tertiary alicyclic amines) is 1. The summed E-state index contributed by atoms with van der Waals surface area (Å²) in [6, 6.07) is 9.01. The molecule has 0 N–H and O–H groups in total. The highest BCUT2D eigenvalue weighted by Gasteiger charge is 2.37. The molecule has 1 saturated heterocycles. The summed E-state index contributed by atoms with van der Waals surface area (Å²) in [6.07, 6.45) is 4.04. The number of amides is 3. The van der Waals surface area contributed by atoms with E-state index in [-0.39, 0.29) is 17.9 Å². The Kier molecular flexibility index (Phi) is 4.51. The lowest BCUT2D eigenvalue weighted by Crippen LogP contribution is -2.50. The summed E-state index contributed by atoms with van der Waals surface area (Å²) in [5.74, 6) is 0.242. The summed E-state index contributed by atoms with van der Waals surface area (Å²) in [7, 11) is 3.55. The van der Waals surface area contributed by atoms with Crippen LogP contribution in [-0.2, 0) is 4.79 Å². The zero-order valence-electron chi connectivity index (χ0n) is 15.7. The zero-order valence-corrected chi connectivity index (χ0v) is 15.7. The monoisotopic (exact) mass is 356 g/mol. The summed E-state index contributed by atoms with van der Waals surface area (Å²) in [6.45, 7) is 3.02. The van der Waals surface area contributed by atoms with Crippen molar-refractivity contribution in [3.05, 3.63) is 24.3 Å². The molecule has 1 aromatic carbocycles. The van der Waals surface area contributed by atoms with Crippen LogP contribution in [-0.4, -0.2) is 68.1 Å². The van der Waals surface area contributed by atoms with Crippen molar-refractivity contribution < 1.29 is 9.59 Å². The Bertz CT molecular complexity index is 693. The molecule has 0 spiro atoms. The van der Waals surface area contributed by atoms with Crippen LogP contribution in [0.1, 0.15) is 25.7 Å². The number of urea groups is 1. The van der Waals surface area contributed by atoms with Crippen molar-refractivity contribution in [1.29, 1.82) is 0 Å². The van der Waals surface area contributed by atoms with Gasteiger partial charge in [-0.3, -0.25) is 4.79 Å². The van der Waals surface area contributed by atoms with Crippen LogP contribution in [0, 0.1) is 5.92 Å². The van der Waals surface area contributed by atoms with Gasteiger partial charge in [0.1, 0.15) is 0 Å². The summed E-state index contributed by atoms with van der Waals surface area (Å²) >= 11 is 0. The van der Waals surface area contributed by atoms with Gasteiger partial charge in [0.05, 0.1) is 11.4 Å². The largest absolute Gasteiger partial charge is 0.365 e. The Labute approximate surface area is 155 Å². The van der Waals surface area contributed by atoms with Gasteiger partial charge in [-0.1, -0.05) is 12.1 Å². The molecule has 26 heavy (non-hydrogen) atoms. The molecule has 1 aromatic rings. The first-order chi connectivity index (χ1) is 12.6. The van der Waals surface area contributed by atoms with Crippen LogP contribution in [0.15, 0.2) is 24.3 Å². The highest BCUT2D eigenvalue weighted by Crippen LogP contribution is 2.40. The average molecular weight is 356 g/mol. The Morgan fingerprint density at radius 2 is 1.58 bits per heavy atom. The van der Waals surface area contributed by atoms with E-state index in [2.05, 4.69) is 23.1 Å². The maximum Gasteiger partial charge on any atom is 0.319 e. The first-order valence-corrected chi connectivity index (χ1v) is 9.69. The van der Waals surface area contributed by atoms with E-state index in [1.807, 2.05) is 15.9 Å².